The molecule has 0 aliphatic carbocycles. The minimum absolute atomic E-state index is 0. The van der Waals surface area contributed by atoms with Crippen LogP contribution >= 0.6 is 12.4 Å². The minimum Gasteiger partial charge on any atom is -0.480 e. The molecule has 0 bridgehead atoms. The summed E-state index contributed by atoms with van der Waals surface area (Å²) in [6.45, 7) is 3.04. The summed E-state index contributed by atoms with van der Waals surface area (Å²) >= 11 is 0. The summed E-state index contributed by atoms with van der Waals surface area (Å²) in [5.74, 6) is -0.766. The lowest BCUT2D eigenvalue weighted by atomic mass is 10.1. The molecule has 1 aromatic rings. The number of hydrogen-bond donors (Lipinski definition) is 2. The van der Waals surface area contributed by atoms with E-state index in [1.165, 1.54) is 5.56 Å². The van der Waals surface area contributed by atoms with Gasteiger partial charge in [0, 0.05) is 26.2 Å². The lowest BCUT2D eigenvalue weighted by molar-refractivity contribution is -0.140. The van der Waals surface area contributed by atoms with E-state index in [9.17, 15) is 4.79 Å². The first-order valence-electron chi connectivity index (χ1n) is 5.48. The van der Waals surface area contributed by atoms with Crippen LogP contribution in [0.3, 0.4) is 0 Å². The molecule has 4 nitrogen and oxygen atoms in total. The van der Waals surface area contributed by atoms with Crippen LogP contribution in [0, 0.1) is 0 Å². The fourth-order valence-electron chi connectivity index (χ4n) is 1.96. The van der Waals surface area contributed by atoms with Gasteiger partial charge in [0.1, 0.15) is 6.04 Å². The van der Waals surface area contributed by atoms with Gasteiger partial charge < -0.3 is 10.4 Å². The molecule has 1 aliphatic rings. The monoisotopic (exact) mass is 256 g/mol. The number of carboxylic acid groups (broad SMARTS) is 1. The number of hydrogen-bond acceptors (Lipinski definition) is 3. The molecule has 2 N–H and O–H groups in total. The second-order valence-electron chi connectivity index (χ2n) is 4.07. The summed E-state index contributed by atoms with van der Waals surface area (Å²) in [6, 6.07) is 9.70. The van der Waals surface area contributed by atoms with Gasteiger partial charge in [-0.2, -0.15) is 0 Å². The normalized spacial score (nSPS) is 20.6. The van der Waals surface area contributed by atoms with E-state index in [0.29, 0.717) is 6.54 Å². The van der Waals surface area contributed by atoms with Crippen LogP contribution in [0.1, 0.15) is 5.56 Å². The van der Waals surface area contributed by atoms with Gasteiger partial charge in [-0.1, -0.05) is 30.3 Å². The van der Waals surface area contributed by atoms with Crippen LogP contribution in [0.4, 0.5) is 0 Å². The smallest absolute Gasteiger partial charge is 0.322 e. The summed E-state index contributed by atoms with van der Waals surface area (Å²) in [7, 11) is 0. The maximum Gasteiger partial charge on any atom is 0.322 e. The van der Waals surface area contributed by atoms with Crippen LogP contribution in [0.2, 0.25) is 0 Å². The molecule has 1 saturated heterocycles. The molecule has 17 heavy (non-hydrogen) atoms. The van der Waals surface area contributed by atoms with Gasteiger partial charge >= 0.3 is 5.97 Å². The second-order valence-corrected chi connectivity index (χ2v) is 4.07. The third-order valence-electron chi connectivity index (χ3n) is 2.81. The quantitative estimate of drug-likeness (QED) is 0.846. The molecule has 1 atom stereocenters. The van der Waals surface area contributed by atoms with Crippen molar-refractivity contribution in [2.75, 3.05) is 19.6 Å². The lowest BCUT2D eigenvalue weighted by Crippen LogP contribution is -2.53. The van der Waals surface area contributed by atoms with Crippen LogP contribution in [0.5, 0.6) is 0 Å². The number of aliphatic carboxylic acids is 1. The van der Waals surface area contributed by atoms with Crippen LogP contribution in [-0.4, -0.2) is 41.7 Å². The van der Waals surface area contributed by atoms with Crippen molar-refractivity contribution in [3.05, 3.63) is 35.9 Å². The minimum atomic E-state index is -0.766. The Balaban J connectivity index is 0.00000144. The SMILES string of the molecule is Cl.O=C(O)C1CN(Cc2ccccc2)CCN1. The fourth-order valence-corrected chi connectivity index (χ4v) is 1.96. The molecular weight excluding hydrogens is 240 g/mol. The largest absolute Gasteiger partial charge is 0.480 e. The van der Waals surface area contributed by atoms with Crippen molar-refractivity contribution in [3.8, 4) is 0 Å². The van der Waals surface area contributed by atoms with Gasteiger partial charge in [-0.25, -0.2) is 0 Å². The summed E-state index contributed by atoms with van der Waals surface area (Å²) in [4.78, 5) is 13.0. The van der Waals surface area contributed by atoms with E-state index in [4.69, 9.17) is 5.11 Å². The molecule has 1 heterocycles. The molecule has 2 rings (SSSR count). The summed E-state index contributed by atoms with van der Waals surface area (Å²) in [6.07, 6.45) is 0. The van der Waals surface area contributed by atoms with Crippen LogP contribution in [0.25, 0.3) is 0 Å². The molecule has 1 aliphatic heterocycles. The average Bonchev–Trinajstić information content (AvgIpc) is 2.30. The van der Waals surface area contributed by atoms with Crippen molar-refractivity contribution in [1.29, 1.82) is 0 Å². The number of benzene rings is 1. The molecule has 1 aromatic carbocycles. The first kappa shape index (κ1) is 14.0. The van der Waals surface area contributed by atoms with Crippen molar-refractivity contribution in [2.45, 2.75) is 12.6 Å². The molecule has 0 saturated carbocycles. The van der Waals surface area contributed by atoms with Crippen molar-refractivity contribution >= 4 is 18.4 Å². The number of rotatable bonds is 3. The maximum absolute atomic E-state index is 10.9. The first-order valence-corrected chi connectivity index (χ1v) is 5.48. The highest BCUT2D eigenvalue weighted by molar-refractivity contribution is 5.85. The highest BCUT2D eigenvalue weighted by atomic mass is 35.5. The molecule has 0 spiro atoms. The van der Waals surface area contributed by atoms with Crippen LogP contribution in [0.15, 0.2) is 30.3 Å². The van der Waals surface area contributed by atoms with Crippen molar-refractivity contribution < 1.29 is 9.90 Å². The zero-order chi connectivity index (χ0) is 11.4. The van der Waals surface area contributed by atoms with Crippen molar-refractivity contribution in [1.82, 2.24) is 10.2 Å². The van der Waals surface area contributed by atoms with Crippen molar-refractivity contribution in [2.24, 2.45) is 0 Å². The Morgan fingerprint density at radius 1 is 1.41 bits per heavy atom. The van der Waals surface area contributed by atoms with Crippen LogP contribution in [-0.2, 0) is 11.3 Å². The highest BCUT2D eigenvalue weighted by Gasteiger charge is 2.24. The Morgan fingerprint density at radius 3 is 2.76 bits per heavy atom. The Bertz CT molecular complexity index is 359. The third kappa shape index (κ3) is 4.00. The van der Waals surface area contributed by atoms with E-state index in [-0.39, 0.29) is 12.4 Å². The zero-order valence-electron chi connectivity index (χ0n) is 9.50. The van der Waals surface area contributed by atoms with E-state index in [1.54, 1.807) is 0 Å². The van der Waals surface area contributed by atoms with E-state index >= 15 is 0 Å². The van der Waals surface area contributed by atoms with Gasteiger partial charge in [0.15, 0.2) is 0 Å². The number of piperazine rings is 1. The van der Waals surface area contributed by atoms with Crippen LogP contribution < -0.4 is 5.32 Å². The van der Waals surface area contributed by atoms with E-state index in [2.05, 4.69) is 22.3 Å². The number of nitrogens with one attached hydrogen (secondary N) is 1. The number of halogens is 1. The second kappa shape index (κ2) is 6.59. The standard InChI is InChI=1S/C12H16N2O2.ClH/c15-12(16)11-9-14(7-6-13-11)8-10-4-2-1-3-5-10;/h1-5,11,13H,6-9H2,(H,15,16);1H. The summed E-state index contributed by atoms with van der Waals surface area (Å²) in [5, 5.41) is 11.9. The van der Waals surface area contributed by atoms with Gasteiger partial charge in [0.05, 0.1) is 0 Å². The van der Waals surface area contributed by atoms with Gasteiger partial charge in [-0.3, -0.25) is 9.69 Å². The fraction of sp³-hybridized carbons (Fsp3) is 0.417. The van der Waals surface area contributed by atoms with Crippen molar-refractivity contribution in [3.63, 3.8) is 0 Å². The summed E-state index contributed by atoms with van der Waals surface area (Å²) in [5.41, 5.74) is 1.23. The topological polar surface area (TPSA) is 52.6 Å². The predicted octanol–water partition coefficient (Wildman–Crippen LogP) is 0.967. The third-order valence-corrected chi connectivity index (χ3v) is 2.81. The first-order chi connectivity index (χ1) is 7.75. The predicted molar refractivity (Wildman–Crippen MR) is 68.4 cm³/mol. The molecule has 0 aromatic heterocycles. The Hall–Kier alpha value is -1.10. The lowest BCUT2D eigenvalue weighted by Gasteiger charge is -2.31. The van der Waals surface area contributed by atoms with Gasteiger partial charge in [0.25, 0.3) is 0 Å². The van der Waals surface area contributed by atoms with Gasteiger partial charge in [-0.15, -0.1) is 12.4 Å². The molecule has 5 heteroatoms. The summed E-state index contributed by atoms with van der Waals surface area (Å²) < 4.78 is 0. The van der Waals surface area contributed by atoms with Gasteiger partial charge in [-0.05, 0) is 5.56 Å². The Labute approximate surface area is 107 Å². The van der Waals surface area contributed by atoms with E-state index in [1.807, 2.05) is 18.2 Å². The van der Waals surface area contributed by atoms with E-state index in [0.717, 1.165) is 19.6 Å². The number of nitrogens with zero attached hydrogens (tertiary/aromatic N) is 1. The zero-order valence-corrected chi connectivity index (χ0v) is 10.3. The molecule has 1 unspecified atom stereocenters. The molecule has 0 amide bonds. The molecule has 1 fully saturated rings. The van der Waals surface area contributed by atoms with Gasteiger partial charge in [0.2, 0.25) is 0 Å². The molecule has 0 radical (unpaired) electrons. The molecular formula is C12H17ClN2O2. The Kier molecular flexibility index (Phi) is 5.41. The Morgan fingerprint density at radius 2 is 2.12 bits per heavy atom. The highest BCUT2D eigenvalue weighted by Crippen LogP contribution is 2.07. The average molecular weight is 257 g/mol. The molecule has 94 valence electrons. The number of carbonyl (C=O) groups is 1. The maximum atomic E-state index is 10.9. The van der Waals surface area contributed by atoms with E-state index < -0.39 is 12.0 Å². The number of carboxylic acids is 1.